The molecule has 0 fully saturated rings. The summed E-state index contributed by atoms with van der Waals surface area (Å²) in [4.78, 5) is 20.5. The lowest BCUT2D eigenvalue weighted by atomic mass is 9.94. The molecule has 7 nitrogen and oxygen atoms in total. The standard InChI is InChI=1S/C22H23ClN4O3/c1-29-11-8-14-12-25-22(28)17-18(14)27-19(13-6-9-24-10-7-13)20(17)26-16-5-3-4-15(23)21(16)30-2/h3-7,9-10,14,26-27H,8,11-12H2,1-2H3,(H,25,28)/t14-/m0/s1. The highest BCUT2D eigenvalue weighted by Gasteiger charge is 2.32. The van der Waals surface area contributed by atoms with Gasteiger partial charge in [0.2, 0.25) is 0 Å². The number of carbonyl (C=O) groups excluding carboxylic acids is 1. The average molecular weight is 427 g/mol. The molecule has 1 amide bonds. The molecule has 1 aliphatic rings. The predicted octanol–water partition coefficient (Wildman–Crippen LogP) is 4.35. The summed E-state index contributed by atoms with van der Waals surface area (Å²) in [5.41, 5.74) is 4.57. The molecule has 3 aromatic rings. The number of methoxy groups -OCH3 is 2. The Morgan fingerprint density at radius 2 is 2.03 bits per heavy atom. The summed E-state index contributed by atoms with van der Waals surface area (Å²) in [7, 11) is 3.24. The lowest BCUT2D eigenvalue weighted by molar-refractivity contribution is 0.0935. The van der Waals surface area contributed by atoms with Gasteiger partial charge in [0, 0.05) is 49.8 Å². The number of aromatic amines is 1. The highest BCUT2D eigenvalue weighted by molar-refractivity contribution is 6.32. The second-order valence-corrected chi connectivity index (χ2v) is 7.44. The van der Waals surface area contributed by atoms with Crippen LogP contribution in [0.2, 0.25) is 5.02 Å². The Kier molecular flexibility index (Phi) is 5.92. The van der Waals surface area contributed by atoms with Crippen molar-refractivity contribution in [1.82, 2.24) is 15.3 Å². The SMILES string of the molecule is COCC[C@H]1CNC(=O)c2c1[nH]c(-c1ccncc1)c2Nc1cccc(Cl)c1OC. The Hall–Kier alpha value is -3.03. The number of aromatic nitrogens is 2. The molecule has 3 N–H and O–H groups in total. The van der Waals surface area contributed by atoms with E-state index >= 15 is 0 Å². The van der Waals surface area contributed by atoms with Crippen LogP contribution in [0, 0.1) is 0 Å². The molecule has 1 aliphatic heterocycles. The van der Waals surface area contributed by atoms with E-state index in [0.29, 0.717) is 40.9 Å². The van der Waals surface area contributed by atoms with Gasteiger partial charge in [0.05, 0.1) is 34.8 Å². The van der Waals surface area contributed by atoms with Crippen molar-refractivity contribution in [1.29, 1.82) is 0 Å². The molecule has 4 rings (SSSR count). The van der Waals surface area contributed by atoms with Crippen molar-refractivity contribution < 1.29 is 14.3 Å². The zero-order chi connectivity index (χ0) is 21.1. The molecule has 0 spiro atoms. The topological polar surface area (TPSA) is 88.3 Å². The number of pyridine rings is 1. The maximum Gasteiger partial charge on any atom is 0.255 e. The number of ether oxygens (including phenoxy) is 2. The van der Waals surface area contributed by atoms with Crippen molar-refractivity contribution in [3.05, 3.63) is 59.0 Å². The van der Waals surface area contributed by atoms with E-state index in [1.807, 2.05) is 24.3 Å². The van der Waals surface area contributed by atoms with Crippen LogP contribution >= 0.6 is 11.6 Å². The number of anilines is 2. The first-order valence-electron chi connectivity index (χ1n) is 9.67. The largest absolute Gasteiger partial charge is 0.493 e. The van der Waals surface area contributed by atoms with Gasteiger partial charge in [-0.15, -0.1) is 0 Å². The lowest BCUT2D eigenvalue weighted by Crippen LogP contribution is -2.35. The number of rotatable bonds is 7. The Bertz CT molecular complexity index is 1050. The molecule has 0 radical (unpaired) electrons. The van der Waals surface area contributed by atoms with Crippen LogP contribution in [0.15, 0.2) is 42.7 Å². The summed E-state index contributed by atoms with van der Waals surface area (Å²) in [6.45, 7) is 1.17. The van der Waals surface area contributed by atoms with E-state index in [1.165, 1.54) is 0 Å². The smallest absolute Gasteiger partial charge is 0.255 e. The number of benzene rings is 1. The fraction of sp³-hybridized carbons (Fsp3) is 0.273. The number of para-hydroxylation sites is 1. The molecule has 0 unspecified atom stereocenters. The number of amides is 1. The maximum atomic E-state index is 12.9. The number of nitrogens with zero attached hydrogens (tertiary/aromatic N) is 1. The number of fused-ring (bicyclic) bond motifs is 1. The molecule has 156 valence electrons. The van der Waals surface area contributed by atoms with Gasteiger partial charge >= 0.3 is 0 Å². The fourth-order valence-corrected chi connectivity index (χ4v) is 4.04. The Labute approximate surface area is 179 Å². The first-order chi connectivity index (χ1) is 14.6. The van der Waals surface area contributed by atoms with Gasteiger partial charge in [0.1, 0.15) is 0 Å². The van der Waals surface area contributed by atoms with Crippen LogP contribution in [0.4, 0.5) is 11.4 Å². The fourth-order valence-electron chi connectivity index (χ4n) is 3.78. The molecule has 0 bridgehead atoms. The second-order valence-electron chi connectivity index (χ2n) is 7.03. The Morgan fingerprint density at radius 3 is 2.77 bits per heavy atom. The second kappa shape index (κ2) is 8.77. The third kappa shape index (κ3) is 3.74. The van der Waals surface area contributed by atoms with Crippen LogP contribution in [0.5, 0.6) is 5.75 Å². The first kappa shape index (κ1) is 20.3. The Balaban J connectivity index is 1.87. The number of halogens is 1. The number of nitrogens with one attached hydrogen (secondary N) is 3. The van der Waals surface area contributed by atoms with E-state index in [2.05, 4.69) is 20.6 Å². The number of H-pyrrole nitrogens is 1. The molecular weight excluding hydrogens is 404 g/mol. The highest BCUT2D eigenvalue weighted by Crippen LogP contribution is 2.42. The zero-order valence-electron chi connectivity index (χ0n) is 16.8. The number of hydrogen-bond acceptors (Lipinski definition) is 5. The van der Waals surface area contributed by atoms with Crippen LogP contribution in [0.25, 0.3) is 11.3 Å². The van der Waals surface area contributed by atoms with Crippen molar-refractivity contribution in [2.45, 2.75) is 12.3 Å². The molecular formula is C22H23ClN4O3. The summed E-state index contributed by atoms with van der Waals surface area (Å²) in [6, 6.07) is 9.26. The van der Waals surface area contributed by atoms with Crippen molar-refractivity contribution >= 4 is 28.9 Å². The molecule has 1 aromatic carbocycles. The molecule has 0 saturated carbocycles. The maximum absolute atomic E-state index is 12.9. The number of carbonyl (C=O) groups is 1. The summed E-state index contributed by atoms with van der Waals surface area (Å²) < 4.78 is 10.7. The third-order valence-electron chi connectivity index (χ3n) is 5.24. The van der Waals surface area contributed by atoms with Crippen molar-refractivity contribution in [2.24, 2.45) is 0 Å². The van der Waals surface area contributed by atoms with Crippen LogP contribution < -0.4 is 15.4 Å². The Morgan fingerprint density at radius 1 is 1.23 bits per heavy atom. The van der Waals surface area contributed by atoms with Gasteiger partial charge < -0.3 is 25.1 Å². The van der Waals surface area contributed by atoms with Crippen LogP contribution in [0.3, 0.4) is 0 Å². The highest BCUT2D eigenvalue weighted by atomic mass is 35.5. The van der Waals surface area contributed by atoms with Gasteiger partial charge in [-0.1, -0.05) is 17.7 Å². The first-order valence-corrected chi connectivity index (χ1v) is 10.0. The van der Waals surface area contributed by atoms with Gasteiger partial charge in [0.25, 0.3) is 5.91 Å². The quantitative estimate of drug-likeness (QED) is 0.522. The van der Waals surface area contributed by atoms with Gasteiger partial charge in [-0.2, -0.15) is 0 Å². The number of hydrogen-bond donors (Lipinski definition) is 3. The van der Waals surface area contributed by atoms with E-state index in [1.54, 1.807) is 32.7 Å². The monoisotopic (exact) mass is 426 g/mol. The van der Waals surface area contributed by atoms with Gasteiger partial charge in [-0.25, -0.2) is 0 Å². The van der Waals surface area contributed by atoms with Crippen LogP contribution in [-0.2, 0) is 4.74 Å². The van der Waals surface area contributed by atoms with Crippen LogP contribution in [0.1, 0.15) is 28.4 Å². The zero-order valence-corrected chi connectivity index (χ0v) is 17.5. The van der Waals surface area contributed by atoms with Crippen molar-refractivity contribution in [3.63, 3.8) is 0 Å². The molecule has 0 aliphatic carbocycles. The third-order valence-corrected chi connectivity index (χ3v) is 5.54. The van der Waals surface area contributed by atoms with Crippen molar-refractivity contribution in [3.8, 4) is 17.0 Å². The summed E-state index contributed by atoms with van der Waals surface area (Å²) >= 11 is 6.30. The van der Waals surface area contributed by atoms with E-state index in [4.69, 9.17) is 21.1 Å². The minimum Gasteiger partial charge on any atom is -0.493 e. The van der Waals surface area contributed by atoms with Gasteiger partial charge in [0.15, 0.2) is 5.75 Å². The van der Waals surface area contributed by atoms with Crippen LogP contribution in [-0.4, -0.2) is 43.2 Å². The molecule has 1 atom stereocenters. The van der Waals surface area contributed by atoms with Gasteiger partial charge in [-0.05, 0) is 30.7 Å². The van der Waals surface area contributed by atoms with E-state index < -0.39 is 0 Å². The molecule has 30 heavy (non-hydrogen) atoms. The van der Waals surface area contributed by atoms with E-state index in [9.17, 15) is 4.79 Å². The van der Waals surface area contributed by atoms with E-state index in [0.717, 1.165) is 23.4 Å². The van der Waals surface area contributed by atoms with Gasteiger partial charge in [-0.3, -0.25) is 9.78 Å². The molecule has 2 aromatic heterocycles. The lowest BCUT2D eigenvalue weighted by Gasteiger charge is -2.23. The minimum atomic E-state index is -0.126. The molecule has 0 saturated heterocycles. The summed E-state index contributed by atoms with van der Waals surface area (Å²) in [5, 5.41) is 6.88. The molecule has 8 heteroatoms. The normalized spacial score (nSPS) is 15.4. The summed E-state index contributed by atoms with van der Waals surface area (Å²) in [5.74, 6) is 0.510. The summed E-state index contributed by atoms with van der Waals surface area (Å²) in [6.07, 6.45) is 4.24. The minimum absolute atomic E-state index is 0.120. The van der Waals surface area contributed by atoms with Crippen molar-refractivity contribution in [2.75, 3.05) is 32.7 Å². The molecule has 3 heterocycles. The van der Waals surface area contributed by atoms with E-state index in [-0.39, 0.29) is 11.8 Å². The predicted molar refractivity (Wildman–Crippen MR) is 117 cm³/mol. The average Bonchev–Trinajstić information content (AvgIpc) is 3.14.